The molecule has 200 valence electrons. The molecule has 2 N–H and O–H groups in total. The molecule has 7 nitrogen and oxygen atoms in total. The third kappa shape index (κ3) is 4.92. The first-order chi connectivity index (χ1) is 18.7. The minimum absolute atomic E-state index is 0.00504. The van der Waals surface area contributed by atoms with Crippen LogP contribution < -0.4 is 15.5 Å². The topological polar surface area (TPSA) is 75.1 Å². The molecule has 1 aromatic carbocycles. The third-order valence-electron chi connectivity index (χ3n) is 7.35. The Bertz CT molecular complexity index is 1540. The van der Waals surface area contributed by atoms with E-state index in [9.17, 15) is 4.79 Å². The maximum absolute atomic E-state index is 12.3. The van der Waals surface area contributed by atoms with Crippen LogP contribution in [0.5, 0.6) is 0 Å². The number of hydrogen-bond acceptors (Lipinski definition) is 4. The van der Waals surface area contributed by atoms with Crippen molar-refractivity contribution in [2.24, 2.45) is 5.92 Å². The molecule has 4 aromatic rings. The van der Waals surface area contributed by atoms with Gasteiger partial charge in [-0.3, -0.25) is 9.78 Å². The van der Waals surface area contributed by atoms with E-state index < -0.39 is 0 Å². The molecule has 0 saturated carbocycles. The zero-order valence-corrected chi connectivity index (χ0v) is 24.0. The van der Waals surface area contributed by atoms with Gasteiger partial charge in [0.25, 0.3) is 0 Å². The fraction of sp³-hybridized carbons (Fsp3) is 0.290. The Labute approximate surface area is 235 Å². The summed E-state index contributed by atoms with van der Waals surface area (Å²) in [4.78, 5) is 23.9. The normalized spacial score (nSPS) is 17.0. The molecule has 1 aliphatic heterocycles. The minimum Gasteiger partial charge on any atom is -0.351 e. The van der Waals surface area contributed by atoms with Crippen LogP contribution in [0.3, 0.4) is 0 Å². The lowest BCUT2D eigenvalue weighted by Gasteiger charge is -2.29. The quantitative estimate of drug-likeness (QED) is 0.282. The Kier molecular flexibility index (Phi) is 7.23. The van der Waals surface area contributed by atoms with Crippen molar-refractivity contribution in [3.8, 4) is 5.82 Å². The van der Waals surface area contributed by atoms with Crippen molar-refractivity contribution in [3.05, 3.63) is 101 Å². The van der Waals surface area contributed by atoms with E-state index >= 15 is 0 Å². The molecular formula is C31H34N6OS. The van der Waals surface area contributed by atoms with Crippen LogP contribution in [0.2, 0.25) is 0 Å². The van der Waals surface area contributed by atoms with E-state index in [-0.39, 0.29) is 23.9 Å². The van der Waals surface area contributed by atoms with Crippen molar-refractivity contribution in [2.75, 3.05) is 10.2 Å². The first-order valence-electron chi connectivity index (χ1n) is 13.2. The zero-order chi connectivity index (χ0) is 27.8. The van der Waals surface area contributed by atoms with Crippen LogP contribution in [0.25, 0.3) is 5.82 Å². The first-order valence-corrected chi connectivity index (χ1v) is 13.6. The van der Waals surface area contributed by atoms with Gasteiger partial charge < -0.3 is 20.1 Å². The first kappa shape index (κ1) is 26.6. The Morgan fingerprint density at radius 3 is 2.41 bits per heavy atom. The number of carbonyl (C=O) groups is 1. The fourth-order valence-corrected chi connectivity index (χ4v) is 5.63. The second-order valence-corrected chi connectivity index (χ2v) is 10.8. The number of nitrogens with zero attached hydrogens (tertiary/aromatic N) is 4. The van der Waals surface area contributed by atoms with Gasteiger partial charge in [0, 0.05) is 41.1 Å². The average Bonchev–Trinajstić information content (AvgIpc) is 3.41. The molecule has 1 fully saturated rings. The lowest BCUT2D eigenvalue weighted by atomic mass is 9.96. The zero-order valence-electron chi connectivity index (χ0n) is 23.2. The summed E-state index contributed by atoms with van der Waals surface area (Å²) in [6, 6.07) is 18.0. The molecule has 39 heavy (non-hydrogen) atoms. The summed E-state index contributed by atoms with van der Waals surface area (Å²) in [5, 5.41) is 7.22. The molecule has 0 spiro atoms. The molecule has 4 heterocycles. The number of nitrogens with one attached hydrogen (secondary N) is 2. The van der Waals surface area contributed by atoms with Gasteiger partial charge in [-0.1, -0.05) is 26.0 Å². The SMILES string of the molecule is Cc1cc(N2C(=S)N[C@H](c3ccccn3)[C@@H]2c2cc(C)n(-c3ncccc3C)c2C)ccc1NC(=O)C(C)C. The van der Waals surface area contributed by atoms with Crippen LogP contribution in [-0.2, 0) is 4.79 Å². The lowest BCUT2D eigenvalue weighted by Crippen LogP contribution is -2.29. The maximum atomic E-state index is 12.3. The summed E-state index contributed by atoms with van der Waals surface area (Å²) < 4.78 is 2.22. The van der Waals surface area contributed by atoms with Crippen molar-refractivity contribution in [1.29, 1.82) is 0 Å². The fourth-order valence-electron chi connectivity index (χ4n) is 5.29. The van der Waals surface area contributed by atoms with Gasteiger partial charge in [-0.05, 0) is 99.1 Å². The third-order valence-corrected chi connectivity index (χ3v) is 7.67. The molecule has 8 heteroatoms. The van der Waals surface area contributed by atoms with Gasteiger partial charge >= 0.3 is 0 Å². The van der Waals surface area contributed by atoms with E-state index in [0.29, 0.717) is 5.11 Å². The second-order valence-electron chi connectivity index (χ2n) is 10.4. The number of anilines is 2. The predicted octanol–water partition coefficient (Wildman–Crippen LogP) is 6.27. The molecule has 1 amide bonds. The summed E-state index contributed by atoms with van der Waals surface area (Å²) in [5.74, 6) is 0.824. The number of aromatic nitrogens is 3. The molecule has 1 saturated heterocycles. The molecule has 0 radical (unpaired) electrons. The number of rotatable bonds is 6. The molecule has 5 rings (SSSR count). The largest absolute Gasteiger partial charge is 0.351 e. The van der Waals surface area contributed by atoms with Crippen LogP contribution >= 0.6 is 12.2 Å². The van der Waals surface area contributed by atoms with Crippen molar-refractivity contribution in [3.63, 3.8) is 0 Å². The van der Waals surface area contributed by atoms with Gasteiger partial charge in [0.05, 0.1) is 17.8 Å². The highest BCUT2D eigenvalue weighted by Crippen LogP contribution is 2.44. The van der Waals surface area contributed by atoms with Crippen LogP contribution in [0.4, 0.5) is 11.4 Å². The van der Waals surface area contributed by atoms with E-state index in [0.717, 1.165) is 51.0 Å². The Balaban J connectivity index is 1.63. The predicted molar refractivity (Wildman–Crippen MR) is 160 cm³/mol. The van der Waals surface area contributed by atoms with Gasteiger partial charge in [0.15, 0.2) is 5.11 Å². The molecule has 0 bridgehead atoms. The molecular weight excluding hydrogens is 504 g/mol. The molecule has 1 aliphatic rings. The van der Waals surface area contributed by atoms with Gasteiger partial charge in [0.1, 0.15) is 5.82 Å². The van der Waals surface area contributed by atoms with E-state index in [1.807, 2.05) is 69.6 Å². The van der Waals surface area contributed by atoms with Crippen LogP contribution in [0.15, 0.2) is 67.0 Å². The number of thiocarbonyl (C=S) groups is 1. The van der Waals surface area contributed by atoms with Crippen LogP contribution in [0, 0.1) is 33.6 Å². The molecule has 0 aliphatic carbocycles. The maximum Gasteiger partial charge on any atom is 0.226 e. The monoisotopic (exact) mass is 538 g/mol. The van der Waals surface area contributed by atoms with Crippen LogP contribution in [-0.4, -0.2) is 25.6 Å². The van der Waals surface area contributed by atoms with Crippen molar-refractivity contribution >= 4 is 34.6 Å². The highest BCUT2D eigenvalue weighted by Gasteiger charge is 2.42. The van der Waals surface area contributed by atoms with Gasteiger partial charge in [-0.15, -0.1) is 0 Å². The van der Waals surface area contributed by atoms with E-state index in [2.05, 4.69) is 59.1 Å². The smallest absolute Gasteiger partial charge is 0.226 e. The van der Waals surface area contributed by atoms with Gasteiger partial charge in [-0.2, -0.15) is 0 Å². The summed E-state index contributed by atoms with van der Waals surface area (Å²) in [6.45, 7) is 12.1. The summed E-state index contributed by atoms with van der Waals surface area (Å²) in [6.07, 6.45) is 3.65. The van der Waals surface area contributed by atoms with Crippen molar-refractivity contribution in [1.82, 2.24) is 19.9 Å². The Hall–Kier alpha value is -4.04. The van der Waals surface area contributed by atoms with Crippen molar-refractivity contribution in [2.45, 2.75) is 53.6 Å². The molecule has 0 unspecified atom stereocenters. The van der Waals surface area contributed by atoms with E-state index in [4.69, 9.17) is 22.2 Å². The molecule has 3 aromatic heterocycles. The second kappa shape index (κ2) is 10.6. The number of benzene rings is 1. The van der Waals surface area contributed by atoms with E-state index in [1.54, 1.807) is 0 Å². The highest BCUT2D eigenvalue weighted by atomic mass is 32.1. The summed E-state index contributed by atoms with van der Waals surface area (Å²) in [5.41, 5.74) is 8.11. The van der Waals surface area contributed by atoms with Gasteiger partial charge in [-0.25, -0.2) is 4.98 Å². The number of aryl methyl sites for hydroxylation is 3. The Morgan fingerprint density at radius 2 is 1.74 bits per heavy atom. The Morgan fingerprint density at radius 1 is 0.974 bits per heavy atom. The number of carbonyl (C=O) groups excluding carboxylic acids is 1. The van der Waals surface area contributed by atoms with E-state index in [1.165, 1.54) is 0 Å². The minimum atomic E-state index is -0.155. The summed E-state index contributed by atoms with van der Waals surface area (Å²) >= 11 is 5.95. The van der Waals surface area contributed by atoms with Crippen LogP contribution in [0.1, 0.15) is 59.7 Å². The summed E-state index contributed by atoms with van der Waals surface area (Å²) in [7, 11) is 0. The van der Waals surface area contributed by atoms with Crippen molar-refractivity contribution < 1.29 is 4.79 Å². The number of pyridine rings is 2. The average molecular weight is 539 g/mol. The number of amides is 1. The highest BCUT2D eigenvalue weighted by molar-refractivity contribution is 7.80. The standard InChI is InChI=1S/C31H34N6OS/c1-18(2)30(38)34-25-13-12-23(16-20(25)4)37-28(27(35-31(37)39)26-11-7-8-14-32-26)24-17-21(5)36(22(24)6)29-19(3)10-9-15-33-29/h7-18,27-28H,1-6H3,(H,34,38)(H,35,39)/t27-,28+/m1/s1. The lowest BCUT2D eigenvalue weighted by molar-refractivity contribution is -0.118. The molecule has 2 atom stereocenters. The number of hydrogen-bond donors (Lipinski definition) is 2. The van der Waals surface area contributed by atoms with Gasteiger partial charge in [0.2, 0.25) is 5.91 Å².